The van der Waals surface area contributed by atoms with E-state index >= 15 is 0 Å². The van der Waals surface area contributed by atoms with E-state index in [0.717, 1.165) is 0 Å². The minimum absolute atomic E-state index is 0. The van der Waals surface area contributed by atoms with E-state index in [-0.39, 0.29) is 48.3 Å². The normalized spacial score (nSPS) is 4.91. The second kappa shape index (κ2) is 62.3. The predicted molar refractivity (Wildman–Crippen MR) is 54.8 cm³/mol. The summed E-state index contributed by atoms with van der Waals surface area (Å²) in [5, 5.41) is 0. The molecule has 65 valence electrons. The van der Waals surface area contributed by atoms with Gasteiger partial charge in [0.25, 0.3) is 0 Å². The SMILES string of the molecule is CCC.CCC.CCC.[Al].[H-].[Na+]. The number of rotatable bonds is 0. The Morgan fingerprint density at radius 3 is 0.636 bits per heavy atom. The molecule has 0 aliphatic heterocycles. The average molecular weight is 183 g/mol. The molecule has 0 aromatic heterocycles. The van der Waals surface area contributed by atoms with Crippen molar-refractivity contribution in [2.45, 2.75) is 60.8 Å². The van der Waals surface area contributed by atoms with E-state index in [2.05, 4.69) is 41.5 Å². The van der Waals surface area contributed by atoms with Crippen LogP contribution in [0.2, 0.25) is 0 Å². The Bertz CT molecular complexity index is 19.2. The summed E-state index contributed by atoms with van der Waals surface area (Å²) in [6.07, 6.45) is 3.75. The first-order valence-electron chi connectivity index (χ1n) is 4.24. The van der Waals surface area contributed by atoms with Gasteiger partial charge in [0.2, 0.25) is 0 Å². The molecule has 0 atom stereocenters. The van der Waals surface area contributed by atoms with Crippen LogP contribution in [-0.4, -0.2) is 17.4 Å². The Morgan fingerprint density at radius 1 is 0.636 bits per heavy atom. The van der Waals surface area contributed by atoms with E-state index in [1.165, 1.54) is 19.3 Å². The van der Waals surface area contributed by atoms with Crippen molar-refractivity contribution in [1.82, 2.24) is 0 Å². The van der Waals surface area contributed by atoms with Gasteiger partial charge in [-0.05, 0) is 0 Å². The molecule has 0 nitrogen and oxygen atoms in total. The zero-order chi connectivity index (χ0) is 8.12. The third kappa shape index (κ3) is 446. The zero-order valence-corrected chi connectivity index (χ0v) is 12.9. The van der Waals surface area contributed by atoms with Crippen LogP contribution >= 0.6 is 0 Å². The molecule has 0 amide bonds. The van der Waals surface area contributed by atoms with Gasteiger partial charge in [0.15, 0.2) is 0 Å². The minimum Gasteiger partial charge on any atom is -1.00 e. The summed E-state index contributed by atoms with van der Waals surface area (Å²) in [5.41, 5.74) is 0. The van der Waals surface area contributed by atoms with Gasteiger partial charge in [-0.25, -0.2) is 0 Å². The first kappa shape index (κ1) is 29.4. The fourth-order valence-corrected chi connectivity index (χ4v) is 0. The summed E-state index contributed by atoms with van der Waals surface area (Å²) < 4.78 is 0. The Balaban J connectivity index is -0.00000001000. The summed E-state index contributed by atoms with van der Waals surface area (Å²) in [5.74, 6) is 0. The fourth-order valence-electron chi connectivity index (χ4n) is 0. The zero-order valence-electron chi connectivity index (χ0n) is 10.7. The van der Waals surface area contributed by atoms with Crippen LogP contribution in [0, 0.1) is 0 Å². The van der Waals surface area contributed by atoms with Gasteiger partial charge >= 0.3 is 29.6 Å². The summed E-state index contributed by atoms with van der Waals surface area (Å²) in [6.45, 7) is 12.8. The molecule has 0 aliphatic carbocycles. The van der Waals surface area contributed by atoms with E-state index in [1.807, 2.05) is 0 Å². The van der Waals surface area contributed by atoms with Crippen molar-refractivity contribution in [2.75, 3.05) is 0 Å². The Morgan fingerprint density at radius 2 is 0.636 bits per heavy atom. The van der Waals surface area contributed by atoms with Crippen molar-refractivity contribution in [3.8, 4) is 0 Å². The molecule has 3 radical (unpaired) electrons. The summed E-state index contributed by atoms with van der Waals surface area (Å²) in [6, 6.07) is 0. The summed E-state index contributed by atoms with van der Waals surface area (Å²) in [7, 11) is 0. The molecule has 2 heteroatoms. The molecule has 0 aromatic rings. The molecule has 0 aromatic carbocycles. The fraction of sp³-hybridized carbons (Fsp3) is 1.00. The van der Waals surface area contributed by atoms with Crippen molar-refractivity contribution in [3.63, 3.8) is 0 Å². The largest absolute Gasteiger partial charge is 1.00 e. The monoisotopic (exact) mass is 183 g/mol. The van der Waals surface area contributed by atoms with E-state index in [4.69, 9.17) is 0 Å². The first-order chi connectivity index (χ1) is 4.24. The first-order valence-corrected chi connectivity index (χ1v) is 4.24. The van der Waals surface area contributed by atoms with Crippen LogP contribution < -0.4 is 29.6 Å². The topological polar surface area (TPSA) is 0 Å². The molecular formula is C9H25AlNa. The molecule has 0 aliphatic rings. The predicted octanol–water partition coefficient (Wildman–Crippen LogP) is 0.985. The van der Waals surface area contributed by atoms with Gasteiger partial charge < -0.3 is 1.43 Å². The van der Waals surface area contributed by atoms with E-state index in [0.29, 0.717) is 0 Å². The van der Waals surface area contributed by atoms with Crippen LogP contribution in [0.4, 0.5) is 0 Å². The van der Waals surface area contributed by atoms with Gasteiger partial charge in [-0.3, -0.25) is 0 Å². The van der Waals surface area contributed by atoms with Crippen LogP contribution in [0.5, 0.6) is 0 Å². The van der Waals surface area contributed by atoms with Crippen molar-refractivity contribution in [2.24, 2.45) is 0 Å². The molecule has 0 fully saturated rings. The summed E-state index contributed by atoms with van der Waals surface area (Å²) in [4.78, 5) is 0. The van der Waals surface area contributed by atoms with Gasteiger partial charge in [0.1, 0.15) is 0 Å². The van der Waals surface area contributed by atoms with E-state index in [1.54, 1.807) is 0 Å². The van der Waals surface area contributed by atoms with Gasteiger partial charge in [0, 0.05) is 17.4 Å². The molecule has 0 saturated heterocycles. The minimum atomic E-state index is 0. The maximum Gasteiger partial charge on any atom is 1.00 e. The second-order valence-electron chi connectivity index (χ2n) is 2.12. The van der Waals surface area contributed by atoms with Crippen molar-refractivity contribution in [3.05, 3.63) is 0 Å². The third-order valence-electron chi connectivity index (χ3n) is 0. The molecule has 0 rings (SSSR count). The van der Waals surface area contributed by atoms with Gasteiger partial charge in [0.05, 0.1) is 0 Å². The van der Waals surface area contributed by atoms with E-state index in [9.17, 15) is 0 Å². The van der Waals surface area contributed by atoms with Gasteiger partial charge in [-0.15, -0.1) is 0 Å². The van der Waals surface area contributed by atoms with Crippen molar-refractivity contribution in [1.29, 1.82) is 0 Å². The molecule has 0 heterocycles. The van der Waals surface area contributed by atoms with Crippen LogP contribution in [0.25, 0.3) is 0 Å². The molecule has 0 N–H and O–H groups in total. The molecule has 11 heavy (non-hydrogen) atoms. The number of hydrogen-bond donors (Lipinski definition) is 0. The van der Waals surface area contributed by atoms with Crippen LogP contribution in [0.1, 0.15) is 62.2 Å². The van der Waals surface area contributed by atoms with Crippen LogP contribution in [-0.2, 0) is 0 Å². The summed E-state index contributed by atoms with van der Waals surface area (Å²) >= 11 is 0. The van der Waals surface area contributed by atoms with Crippen LogP contribution in [0.15, 0.2) is 0 Å². The Hall–Kier alpha value is 1.53. The number of hydrogen-bond acceptors (Lipinski definition) is 0. The van der Waals surface area contributed by atoms with Gasteiger partial charge in [-0.2, -0.15) is 0 Å². The molecule has 0 bridgehead atoms. The van der Waals surface area contributed by atoms with Gasteiger partial charge in [-0.1, -0.05) is 60.8 Å². The maximum absolute atomic E-state index is 2.12. The maximum atomic E-state index is 2.12. The molecular weight excluding hydrogens is 158 g/mol. The quantitative estimate of drug-likeness (QED) is 0.491. The van der Waals surface area contributed by atoms with E-state index < -0.39 is 0 Å². The van der Waals surface area contributed by atoms with Crippen molar-refractivity contribution < 1.29 is 31.0 Å². The standard InChI is InChI=1S/3C3H8.Al.Na.H/c3*1-3-2;;;/h3*3H2,1-2H3;;;/q;;;;+1;-1. The average Bonchev–Trinajstić information content (AvgIpc) is 1.70. The smallest absolute Gasteiger partial charge is 1.00 e. The molecule has 0 saturated carbocycles. The van der Waals surface area contributed by atoms with Crippen molar-refractivity contribution >= 4 is 17.4 Å². The second-order valence-corrected chi connectivity index (χ2v) is 2.12. The van der Waals surface area contributed by atoms with Crippen LogP contribution in [0.3, 0.4) is 0 Å². The molecule has 0 unspecified atom stereocenters. The Kier molecular flexibility index (Phi) is 166. The Labute approximate surface area is 108 Å². The third-order valence-corrected chi connectivity index (χ3v) is 0. The molecule has 0 spiro atoms.